The summed E-state index contributed by atoms with van der Waals surface area (Å²) < 4.78 is 5.75. The van der Waals surface area contributed by atoms with E-state index in [-0.39, 0.29) is 17.9 Å². The van der Waals surface area contributed by atoms with Gasteiger partial charge < -0.3 is 31.5 Å². The van der Waals surface area contributed by atoms with E-state index in [1.54, 1.807) is 0 Å². The lowest BCUT2D eigenvalue weighted by atomic mass is 10.0. The highest BCUT2D eigenvalue weighted by Gasteiger charge is 2.26. The molecule has 3 atom stereocenters. The Bertz CT molecular complexity index is 544. The third kappa shape index (κ3) is 11.9. The number of hydrogen-bond acceptors (Lipinski definition) is 5. The van der Waals surface area contributed by atoms with Crippen LogP contribution in [0.25, 0.3) is 0 Å². The molecule has 0 aromatic carbocycles. The summed E-state index contributed by atoms with van der Waals surface area (Å²) in [5.74, 6) is -1.17. The number of amides is 3. The fourth-order valence-electron chi connectivity index (χ4n) is 3.53. The molecule has 0 aromatic heterocycles. The van der Waals surface area contributed by atoms with E-state index in [0.717, 1.165) is 38.5 Å². The largest absolute Gasteiger partial charge is 0.480 e. The molecule has 180 valence electrons. The maximum atomic E-state index is 12.9. The van der Waals surface area contributed by atoms with Crippen LogP contribution in [-0.4, -0.2) is 60.9 Å². The summed E-state index contributed by atoms with van der Waals surface area (Å²) in [7, 11) is 0. The van der Waals surface area contributed by atoms with Crippen LogP contribution < -0.4 is 21.7 Å². The molecule has 1 aliphatic heterocycles. The number of aliphatic carboxylic acids is 1. The van der Waals surface area contributed by atoms with Gasteiger partial charge in [-0.2, -0.15) is 0 Å². The van der Waals surface area contributed by atoms with Crippen molar-refractivity contribution in [1.29, 1.82) is 0 Å². The smallest absolute Gasteiger partial charge is 0.326 e. The lowest BCUT2D eigenvalue weighted by Crippen LogP contribution is -2.55. The number of urea groups is 1. The van der Waals surface area contributed by atoms with E-state index in [1.165, 1.54) is 0 Å². The van der Waals surface area contributed by atoms with Crippen molar-refractivity contribution in [1.82, 2.24) is 16.0 Å². The Morgan fingerprint density at radius 1 is 1.16 bits per heavy atom. The summed E-state index contributed by atoms with van der Waals surface area (Å²) in [5.41, 5.74) is 5.45. The first-order valence-corrected chi connectivity index (χ1v) is 11.7. The van der Waals surface area contributed by atoms with Crippen LogP contribution in [0.3, 0.4) is 0 Å². The molecule has 0 aromatic rings. The molecule has 3 amide bonds. The van der Waals surface area contributed by atoms with Gasteiger partial charge in [0, 0.05) is 6.61 Å². The zero-order valence-corrected chi connectivity index (χ0v) is 19.2. The van der Waals surface area contributed by atoms with Crippen molar-refractivity contribution in [3.8, 4) is 0 Å². The summed E-state index contributed by atoms with van der Waals surface area (Å²) in [6.07, 6.45) is 8.27. The van der Waals surface area contributed by atoms with Gasteiger partial charge in [0.05, 0.1) is 12.6 Å². The van der Waals surface area contributed by atoms with Crippen molar-refractivity contribution in [2.24, 2.45) is 11.7 Å². The van der Waals surface area contributed by atoms with E-state index in [2.05, 4.69) is 16.0 Å². The van der Waals surface area contributed by atoms with E-state index < -0.39 is 24.1 Å². The minimum atomic E-state index is -1.10. The lowest BCUT2D eigenvalue weighted by Gasteiger charge is -2.26. The Labute approximate surface area is 186 Å². The zero-order valence-electron chi connectivity index (χ0n) is 19.2. The number of carbonyl (C=O) groups excluding carboxylic acids is 2. The summed E-state index contributed by atoms with van der Waals surface area (Å²) in [5, 5.41) is 17.6. The van der Waals surface area contributed by atoms with Gasteiger partial charge in [-0.1, -0.05) is 46.0 Å². The van der Waals surface area contributed by atoms with Crippen LogP contribution in [0.15, 0.2) is 0 Å². The molecule has 0 unspecified atom stereocenters. The maximum Gasteiger partial charge on any atom is 0.326 e. The molecule has 9 nitrogen and oxygen atoms in total. The highest BCUT2D eigenvalue weighted by Crippen LogP contribution is 2.12. The number of unbranched alkanes of at least 4 members (excludes halogenated alkanes) is 1. The monoisotopic (exact) mass is 442 g/mol. The fourth-order valence-corrected chi connectivity index (χ4v) is 3.53. The molecule has 0 saturated carbocycles. The van der Waals surface area contributed by atoms with Crippen LogP contribution in [0.1, 0.15) is 78.1 Å². The first-order valence-electron chi connectivity index (χ1n) is 11.7. The average molecular weight is 443 g/mol. The van der Waals surface area contributed by atoms with Crippen LogP contribution in [0.5, 0.6) is 0 Å². The number of carboxylic acid groups (broad SMARTS) is 1. The minimum absolute atomic E-state index is 0.147. The van der Waals surface area contributed by atoms with Gasteiger partial charge in [-0.15, -0.1) is 0 Å². The second-order valence-electron chi connectivity index (χ2n) is 8.69. The van der Waals surface area contributed by atoms with Gasteiger partial charge in [0.25, 0.3) is 0 Å². The van der Waals surface area contributed by atoms with Crippen LogP contribution in [0.2, 0.25) is 0 Å². The molecule has 1 rings (SSSR count). The Balaban J connectivity index is 2.75. The molecular formula is C22H42N4O5. The van der Waals surface area contributed by atoms with Gasteiger partial charge in [0.1, 0.15) is 12.1 Å². The quantitative estimate of drug-likeness (QED) is 0.365. The van der Waals surface area contributed by atoms with E-state index >= 15 is 0 Å². The summed E-state index contributed by atoms with van der Waals surface area (Å²) in [6.45, 7) is 5.63. The minimum Gasteiger partial charge on any atom is -0.480 e. The van der Waals surface area contributed by atoms with Crippen molar-refractivity contribution in [3.05, 3.63) is 0 Å². The first-order chi connectivity index (χ1) is 14.8. The number of nitrogens with two attached hydrogens (primary N) is 1. The topological polar surface area (TPSA) is 143 Å². The molecule has 31 heavy (non-hydrogen) atoms. The van der Waals surface area contributed by atoms with Crippen molar-refractivity contribution in [2.75, 3.05) is 19.8 Å². The van der Waals surface area contributed by atoms with Gasteiger partial charge >= 0.3 is 12.0 Å². The molecule has 1 saturated heterocycles. The van der Waals surface area contributed by atoms with Crippen LogP contribution in [-0.2, 0) is 14.3 Å². The van der Waals surface area contributed by atoms with Gasteiger partial charge in [0.15, 0.2) is 0 Å². The van der Waals surface area contributed by atoms with Crippen molar-refractivity contribution < 1.29 is 24.2 Å². The van der Waals surface area contributed by atoms with E-state index in [0.29, 0.717) is 45.4 Å². The number of ether oxygens (including phenoxy) is 1. The van der Waals surface area contributed by atoms with Crippen LogP contribution >= 0.6 is 0 Å². The number of nitrogens with one attached hydrogen (secondary N) is 3. The van der Waals surface area contributed by atoms with E-state index in [1.807, 2.05) is 13.8 Å². The molecule has 6 N–H and O–H groups in total. The molecule has 1 heterocycles. The molecule has 0 spiro atoms. The molecule has 1 aliphatic rings. The average Bonchev–Trinajstić information content (AvgIpc) is 2.71. The van der Waals surface area contributed by atoms with Gasteiger partial charge in [0.2, 0.25) is 5.91 Å². The first kappa shape index (κ1) is 27.2. The number of carboxylic acids is 1. The second-order valence-corrected chi connectivity index (χ2v) is 8.69. The molecule has 0 bridgehead atoms. The number of rotatable bonds is 8. The number of hydrogen-bond donors (Lipinski definition) is 5. The van der Waals surface area contributed by atoms with Crippen LogP contribution in [0, 0.1) is 5.92 Å². The van der Waals surface area contributed by atoms with Crippen LogP contribution in [0.4, 0.5) is 4.79 Å². The SMILES string of the molecule is CC(C)[C@H]1COCCCCCCCC[C@@H](NC(=O)N[C@@H](CCCCN)C(=O)O)C(=O)N1. The zero-order chi connectivity index (χ0) is 23.1. The Hall–Kier alpha value is -1.87. The summed E-state index contributed by atoms with van der Waals surface area (Å²) >= 11 is 0. The predicted molar refractivity (Wildman–Crippen MR) is 120 cm³/mol. The van der Waals surface area contributed by atoms with Crippen molar-refractivity contribution >= 4 is 17.9 Å². The Kier molecular flexibility index (Phi) is 13.9. The molecular weight excluding hydrogens is 400 g/mol. The van der Waals surface area contributed by atoms with E-state index in [4.69, 9.17) is 10.5 Å². The lowest BCUT2D eigenvalue weighted by molar-refractivity contribution is -0.139. The number of carbonyl (C=O) groups is 3. The molecule has 0 aliphatic carbocycles. The van der Waals surface area contributed by atoms with E-state index in [9.17, 15) is 19.5 Å². The summed E-state index contributed by atoms with van der Waals surface area (Å²) in [6, 6.07) is -2.52. The fraction of sp³-hybridized carbons (Fsp3) is 0.864. The Morgan fingerprint density at radius 3 is 2.48 bits per heavy atom. The van der Waals surface area contributed by atoms with Gasteiger partial charge in [-0.3, -0.25) is 4.79 Å². The summed E-state index contributed by atoms with van der Waals surface area (Å²) in [4.78, 5) is 36.9. The van der Waals surface area contributed by atoms with Crippen molar-refractivity contribution in [3.63, 3.8) is 0 Å². The second kappa shape index (κ2) is 15.9. The highest BCUT2D eigenvalue weighted by molar-refractivity contribution is 5.88. The molecule has 1 fully saturated rings. The normalized spacial score (nSPS) is 22.8. The third-order valence-corrected chi connectivity index (χ3v) is 5.63. The predicted octanol–water partition coefficient (Wildman–Crippen LogP) is 2.14. The van der Waals surface area contributed by atoms with Crippen molar-refractivity contribution in [2.45, 2.75) is 96.2 Å². The third-order valence-electron chi connectivity index (χ3n) is 5.63. The Morgan fingerprint density at radius 2 is 1.84 bits per heavy atom. The van der Waals surface area contributed by atoms with Gasteiger partial charge in [-0.05, 0) is 44.6 Å². The standard InChI is InChI=1S/C22H42N4O5/c1-16(2)19-15-31-14-10-6-4-3-5-7-11-17(20(27)24-19)25-22(30)26-18(21(28)29)12-8-9-13-23/h16-19H,3-15,23H2,1-2H3,(H,24,27)(H,28,29)(H2,25,26,30)/t17-,18+,19-/m1/s1. The molecule has 0 radical (unpaired) electrons. The van der Waals surface area contributed by atoms with Gasteiger partial charge in [-0.25, -0.2) is 9.59 Å². The molecule has 9 heteroatoms. The highest BCUT2D eigenvalue weighted by atomic mass is 16.5. The maximum absolute atomic E-state index is 12.9.